The molecule has 4 aromatic rings. The van der Waals surface area contributed by atoms with Gasteiger partial charge in [0.25, 0.3) is 11.8 Å². The van der Waals surface area contributed by atoms with Gasteiger partial charge in [-0.2, -0.15) is 0 Å². The Labute approximate surface area is 209 Å². The number of anilines is 3. The number of fused-ring (bicyclic) bond motifs is 1. The van der Waals surface area contributed by atoms with E-state index in [9.17, 15) is 18.4 Å². The van der Waals surface area contributed by atoms with E-state index in [-0.39, 0.29) is 29.7 Å². The summed E-state index contributed by atoms with van der Waals surface area (Å²) >= 11 is 0. The first-order chi connectivity index (χ1) is 18.0. The molecule has 37 heavy (non-hydrogen) atoms. The lowest BCUT2D eigenvalue weighted by molar-refractivity contribution is -0.110. The summed E-state index contributed by atoms with van der Waals surface area (Å²) in [6.07, 6.45) is 11.2. The largest absolute Gasteiger partial charge is 0.347 e. The van der Waals surface area contributed by atoms with E-state index in [4.69, 9.17) is 0 Å². The highest BCUT2D eigenvalue weighted by molar-refractivity contribution is 6.34. The Morgan fingerprint density at radius 3 is 2.73 bits per heavy atom. The maximum Gasteiger partial charge on any atom is 0.271 e. The van der Waals surface area contributed by atoms with Crippen molar-refractivity contribution in [3.63, 3.8) is 0 Å². The van der Waals surface area contributed by atoms with Crippen molar-refractivity contribution in [2.24, 2.45) is 0 Å². The number of carbonyl (C=O) groups is 2. The first kappa shape index (κ1) is 23.5. The van der Waals surface area contributed by atoms with Crippen LogP contribution in [0.5, 0.6) is 0 Å². The fourth-order valence-electron chi connectivity index (χ4n) is 3.65. The van der Waals surface area contributed by atoms with E-state index in [0.717, 1.165) is 29.0 Å². The van der Waals surface area contributed by atoms with Crippen molar-refractivity contribution in [1.82, 2.24) is 25.3 Å². The van der Waals surface area contributed by atoms with E-state index in [2.05, 4.69) is 35.9 Å². The molecule has 0 saturated carbocycles. The van der Waals surface area contributed by atoms with Crippen LogP contribution in [0.2, 0.25) is 0 Å². The molecule has 0 radical (unpaired) electrons. The second-order valence-corrected chi connectivity index (χ2v) is 7.98. The highest BCUT2D eigenvalue weighted by Gasteiger charge is 2.24. The molecule has 0 atom stereocenters. The van der Waals surface area contributed by atoms with Crippen molar-refractivity contribution in [2.75, 3.05) is 17.2 Å². The number of rotatable bonds is 7. The molecule has 0 spiro atoms. The zero-order chi connectivity index (χ0) is 25.8. The first-order valence-electron chi connectivity index (χ1n) is 11.1. The van der Waals surface area contributed by atoms with Crippen LogP contribution in [0.3, 0.4) is 0 Å². The molecule has 0 aliphatic carbocycles. The zero-order valence-electron chi connectivity index (χ0n) is 19.1. The maximum atomic E-state index is 13.4. The van der Waals surface area contributed by atoms with Gasteiger partial charge < -0.3 is 20.9 Å². The number of carbonyl (C=O) groups excluding carboxylic acids is 2. The van der Waals surface area contributed by atoms with Gasteiger partial charge in [-0.15, -0.1) is 0 Å². The number of halogens is 2. The van der Waals surface area contributed by atoms with Crippen LogP contribution in [0.25, 0.3) is 17.7 Å². The average molecular weight is 499 g/mol. The Morgan fingerprint density at radius 2 is 1.92 bits per heavy atom. The fraction of sp³-hybridized carbons (Fsp3) is 0.0385. The second-order valence-electron chi connectivity index (χ2n) is 7.98. The van der Waals surface area contributed by atoms with Crippen molar-refractivity contribution in [1.29, 1.82) is 0 Å². The summed E-state index contributed by atoms with van der Waals surface area (Å²) in [4.78, 5) is 39.9. The number of nitrogens with zero attached hydrogens (tertiary/aromatic N) is 3. The van der Waals surface area contributed by atoms with Gasteiger partial charge in [-0.3, -0.25) is 14.6 Å². The van der Waals surface area contributed by atoms with Crippen molar-refractivity contribution in [3.8, 4) is 0 Å². The molecule has 2 amide bonds. The van der Waals surface area contributed by atoms with E-state index >= 15 is 0 Å². The zero-order valence-corrected chi connectivity index (χ0v) is 19.1. The lowest BCUT2D eigenvalue weighted by atomic mass is 10.0. The number of benzene rings is 2. The Balaban J connectivity index is 1.19. The van der Waals surface area contributed by atoms with Crippen LogP contribution in [0.4, 0.5) is 26.0 Å². The third-order valence-corrected chi connectivity index (χ3v) is 5.40. The van der Waals surface area contributed by atoms with E-state index in [1.165, 1.54) is 18.5 Å². The molecule has 5 rings (SSSR count). The van der Waals surface area contributed by atoms with Gasteiger partial charge in [0, 0.05) is 29.5 Å². The van der Waals surface area contributed by atoms with E-state index in [0.29, 0.717) is 11.3 Å². The summed E-state index contributed by atoms with van der Waals surface area (Å²) in [5.74, 6) is -2.42. The molecule has 184 valence electrons. The maximum absolute atomic E-state index is 13.4. The Kier molecular flexibility index (Phi) is 6.49. The number of amides is 2. The number of hydrogen-bond acceptors (Lipinski definition) is 6. The monoisotopic (exact) mass is 499 g/mol. The van der Waals surface area contributed by atoms with Gasteiger partial charge in [-0.1, -0.05) is 24.3 Å². The van der Waals surface area contributed by atoms with Crippen molar-refractivity contribution >= 4 is 46.7 Å². The van der Waals surface area contributed by atoms with Crippen LogP contribution in [-0.2, 0) is 4.79 Å². The summed E-state index contributed by atoms with van der Waals surface area (Å²) in [7, 11) is 0. The number of imidazole rings is 1. The van der Waals surface area contributed by atoms with Gasteiger partial charge in [0.1, 0.15) is 11.5 Å². The molecule has 3 heterocycles. The van der Waals surface area contributed by atoms with Gasteiger partial charge in [0.05, 0.1) is 36.2 Å². The predicted octanol–water partition coefficient (Wildman–Crippen LogP) is 4.16. The lowest BCUT2D eigenvalue weighted by Crippen LogP contribution is -2.24. The quantitative estimate of drug-likeness (QED) is 0.283. The van der Waals surface area contributed by atoms with Crippen molar-refractivity contribution in [2.45, 2.75) is 0 Å². The Bertz CT molecular complexity index is 1550. The topological polar surface area (TPSA) is 125 Å². The number of aromatic amines is 1. The highest BCUT2D eigenvalue weighted by Crippen LogP contribution is 2.33. The summed E-state index contributed by atoms with van der Waals surface area (Å²) in [5, 5.41) is 8.35. The first-order valence-corrected chi connectivity index (χ1v) is 11.1. The van der Waals surface area contributed by atoms with Gasteiger partial charge >= 0.3 is 0 Å². The van der Waals surface area contributed by atoms with Crippen LogP contribution in [-0.4, -0.2) is 38.3 Å². The molecule has 0 fully saturated rings. The van der Waals surface area contributed by atoms with Crippen molar-refractivity contribution in [3.05, 3.63) is 102 Å². The molecule has 1 aliphatic heterocycles. The lowest BCUT2D eigenvalue weighted by Gasteiger charge is -2.07. The van der Waals surface area contributed by atoms with E-state index in [1.807, 2.05) is 24.3 Å². The van der Waals surface area contributed by atoms with Crippen molar-refractivity contribution < 1.29 is 18.4 Å². The van der Waals surface area contributed by atoms with Gasteiger partial charge in [0.15, 0.2) is 11.6 Å². The fourth-order valence-corrected chi connectivity index (χ4v) is 3.65. The van der Waals surface area contributed by atoms with Crippen LogP contribution in [0, 0.1) is 11.6 Å². The molecule has 4 N–H and O–H groups in total. The summed E-state index contributed by atoms with van der Waals surface area (Å²) in [6, 6.07) is 8.89. The minimum atomic E-state index is -1.00. The minimum Gasteiger partial charge on any atom is -0.347 e. The van der Waals surface area contributed by atoms with Gasteiger partial charge in [0.2, 0.25) is 0 Å². The van der Waals surface area contributed by atoms with E-state index in [1.54, 1.807) is 24.7 Å². The minimum absolute atomic E-state index is 0.0535. The highest BCUT2D eigenvalue weighted by atomic mass is 19.2. The molecular formula is C26H19F2N7O2. The molecule has 1 aliphatic rings. The number of nitrogens with one attached hydrogen (secondary N) is 4. The van der Waals surface area contributed by atoms with Crippen LogP contribution < -0.4 is 16.0 Å². The molecule has 0 saturated heterocycles. The predicted molar refractivity (Wildman–Crippen MR) is 135 cm³/mol. The molecule has 0 unspecified atom stereocenters. The van der Waals surface area contributed by atoms with Gasteiger partial charge in [-0.05, 0) is 29.8 Å². The molecule has 2 aromatic heterocycles. The second kappa shape index (κ2) is 10.2. The SMILES string of the molecule is O=C1Nc2cc(/C=C/CNC(=O)c3cncc(Nc4ccc(F)c(F)c4)n3)ccc2/C1=C/c1cnc[nH]1. The molecule has 11 heteroatoms. The Morgan fingerprint density at radius 1 is 1.03 bits per heavy atom. The van der Waals surface area contributed by atoms with Crippen LogP contribution in [0.15, 0.2) is 67.4 Å². The van der Waals surface area contributed by atoms with Crippen LogP contribution >= 0.6 is 0 Å². The number of H-pyrrole nitrogens is 1. The molecule has 0 bridgehead atoms. The summed E-state index contributed by atoms with van der Waals surface area (Å²) in [6.45, 7) is 0.218. The number of hydrogen-bond donors (Lipinski definition) is 4. The summed E-state index contributed by atoms with van der Waals surface area (Å²) in [5.41, 5.74) is 3.93. The smallest absolute Gasteiger partial charge is 0.271 e. The number of aromatic nitrogens is 4. The summed E-state index contributed by atoms with van der Waals surface area (Å²) < 4.78 is 26.5. The Hall–Kier alpha value is -5.19. The van der Waals surface area contributed by atoms with E-state index < -0.39 is 17.5 Å². The average Bonchev–Trinajstić information content (AvgIpc) is 3.52. The van der Waals surface area contributed by atoms with Crippen LogP contribution in [0.1, 0.15) is 27.3 Å². The normalized spacial score (nSPS) is 13.6. The third kappa shape index (κ3) is 5.40. The molecule has 2 aromatic carbocycles. The standard InChI is InChI=1S/C26H19F2N7O2/c27-20-6-4-16(10-21(20)28)33-24-13-29-12-23(34-24)26(37)31-7-1-2-15-3-5-18-19(9-17-11-30-14-32-17)25(36)35-22(18)8-15/h1-6,8-14H,7H2,(H,30,32)(H,31,37)(H,33,34)(H,35,36)/b2-1+,19-9-. The van der Waals surface area contributed by atoms with Gasteiger partial charge in [-0.25, -0.2) is 18.7 Å². The third-order valence-electron chi connectivity index (χ3n) is 5.40. The molecular weight excluding hydrogens is 480 g/mol. The molecule has 9 nitrogen and oxygen atoms in total.